The molecule has 0 atom stereocenters. The minimum Gasteiger partial charge on any atom is -0.366 e. The summed E-state index contributed by atoms with van der Waals surface area (Å²) in [5, 5.41) is 6.18. The number of carbonyl (C=O) groups excluding carboxylic acids is 1. The maximum atomic E-state index is 14.1. The highest BCUT2D eigenvalue weighted by Crippen LogP contribution is 2.22. The van der Waals surface area contributed by atoms with Gasteiger partial charge in [-0.3, -0.25) is 9.48 Å². The normalized spacial score (nSPS) is 14.2. The van der Waals surface area contributed by atoms with Gasteiger partial charge >= 0.3 is 0 Å². The average molecular weight is 449 g/mol. The van der Waals surface area contributed by atoms with Crippen molar-refractivity contribution in [1.29, 1.82) is 0 Å². The number of benzene rings is 3. The molecule has 0 radical (unpaired) electrons. The van der Waals surface area contributed by atoms with E-state index in [1.54, 1.807) is 12.1 Å². The molecule has 0 N–H and O–H groups in total. The maximum Gasteiger partial charge on any atom is 0.254 e. The minimum absolute atomic E-state index is 0.0145. The number of halogens is 2. The number of carbonyl (C=O) groups is 1. The zero-order chi connectivity index (χ0) is 22.1. The van der Waals surface area contributed by atoms with Gasteiger partial charge in [0.1, 0.15) is 5.82 Å². The van der Waals surface area contributed by atoms with E-state index in [0.717, 1.165) is 16.5 Å². The second kappa shape index (κ2) is 8.63. The van der Waals surface area contributed by atoms with E-state index < -0.39 is 0 Å². The first-order valence-electron chi connectivity index (χ1n) is 10.6. The standard InChI is InChI=1S/C25H22ClFN4O/c26-21-9-5-18(6-10-21)17-31-24-15-19(7-8-20(24)16-28-31)25(32)30-13-11-29(12-14-30)23-4-2-1-3-22(23)27/h1-10,15-16H,11-14,17H2. The number of para-hydroxylation sites is 1. The van der Waals surface area contributed by atoms with E-state index in [2.05, 4.69) is 5.10 Å². The lowest BCUT2D eigenvalue weighted by Crippen LogP contribution is -2.49. The molecule has 0 aliphatic carbocycles. The Morgan fingerprint density at radius 3 is 2.47 bits per heavy atom. The van der Waals surface area contributed by atoms with Crippen LogP contribution in [0, 0.1) is 5.82 Å². The lowest BCUT2D eigenvalue weighted by atomic mass is 10.1. The average Bonchev–Trinajstić information content (AvgIpc) is 3.22. The van der Waals surface area contributed by atoms with Crippen LogP contribution in [0.4, 0.5) is 10.1 Å². The molecule has 0 unspecified atom stereocenters. The Kier molecular flexibility index (Phi) is 5.53. The van der Waals surface area contributed by atoms with E-state index in [9.17, 15) is 9.18 Å². The minimum atomic E-state index is -0.230. The fourth-order valence-electron chi connectivity index (χ4n) is 4.13. The van der Waals surface area contributed by atoms with Gasteiger partial charge < -0.3 is 9.80 Å². The van der Waals surface area contributed by atoms with E-state index in [1.165, 1.54) is 6.07 Å². The number of nitrogens with zero attached hydrogens (tertiary/aromatic N) is 4. The first-order chi connectivity index (χ1) is 15.6. The zero-order valence-corrected chi connectivity index (χ0v) is 18.2. The second-order valence-corrected chi connectivity index (χ2v) is 8.37. The van der Waals surface area contributed by atoms with Gasteiger partial charge in [-0.1, -0.05) is 41.9 Å². The molecule has 2 heterocycles. The van der Waals surface area contributed by atoms with Crippen LogP contribution in [0.25, 0.3) is 10.9 Å². The Bertz CT molecular complexity index is 1260. The Hall–Kier alpha value is -3.38. The van der Waals surface area contributed by atoms with Crippen molar-refractivity contribution in [1.82, 2.24) is 14.7 Å². The van der Waals surface area contributed by atoms with Gasteiger partial charge in [-0.25, -0.2) is 4.39 Å². The molecule has 0 saturated carbocycles. The zero-order valence-electron chi connectivity index (χ0n) is 17.4. The molecule has 3 aromatic carbocycles. The fourth-order valence-corrected chi connectivity index (χ4v) is 4.26. The predicted molar refractivity (Wildman–Crippen MR) is 125 cm³/mol. The van der Waals surface area contributed by atoms with Crippen molar-refractivity contribution in [2.75, 3.05) is 31.1 Å². The van der Waals surface area contributed by atoms with E-state index in [-0.39, 0.29) is 11.7 Å². The number of fused-ring (bicyclic) bond motifs is 1. The number of hydrogen-bond acceptors (Lipinski definition) is 3. The quantitative estimate of drug-likeness (QED) is 0.448. The van der Waals surface area contributed by atoms with Gasteiger partial charge in [0.15, 0.2) is 0 Å². The number of piperazine rings is 1. The monoisotopic (exact) mass is 448 g/mol. The summed E-state index contributed by atoms with van der Waals surface area (Å²) < 4.78 is 16.0. The third kappa shape index (κ3) is 4.06. The highest BCUT2D eigenvalue weighted by Gasteiger charge is 2.24. The van der Waals surface area contributed by atoms with Crippen molar-refractivity contribution < 1.29 is 9.18 Å². The molecule has 1 fully saturated rings. The SMILES string of the molecule is O=C(c1ccc2cnn(Cc3ccc(Cl)cc3)c2c1)N1CCN(c2ccccc2F)CC1. The molecule has 1 aliphatic rings. The van der Waals surface area contributed by atoms with E-state index in [1.807, 2.05) is 69.2 Å². The van der Waals surface area contributed by atoms with Crippen molar-refractivity contribution in [3.05, 3.63) is 94.9 Å². The van der Waals surface area contributed by atoms with Crippen molar-refractivity contribution in [2.24, 2.45) is 0 Å². The first kappa shape index (κ1) is 20.5. The highest BCUT2D eigenvalue weighted by molar-refractivity contribution is 6.30. The fraction of sp³-hybridized carbons (Fsp3) is 0.200. The molecule has 32 heavy (non-hydrogen) atoms. The number of hydrogen-bond donors (Lipinski definition) is 0. The van der Waals surface area contributed by atoms with Crippen molar-refractivity contribution in [3.63, 3.8) is 0 Å². The summed E-state index contributed by atoms with van der Waals surface area (Å²) in [6.07, 6.45) is 1.81. The van der Waals surface area contributed by atoms with Crippen LogP contribution in [-0.2, 0) is 6.54 Å². The highest BCUT2D eigenvalue weighted by atomic mass is 35.5. The van der Waals surface area contributed by atoms with Crippen LogP contribution < -0.4 is 4.90 Å². The Balaban J connectivity index is 1.32. The van der Waals surface area contributed by atoms with Crippen LogP contribution in [0.15, 0.2) is 72.9 Å². The molecule has 7 heteroatoms. The van der Waals surface area contributed by atoms with Crippen LogP contribution >= 0.6 is 11.6 Å². The molecule has 0 bridgehead atoms. The molecular formula is C25H22ClFN4O. The summed E-state index contributed by atoms with van der Waals surface area (Å²) in [5.41, 5.74) is 3.22. The summed E-state index contributed by atoms with van der Waals surface area (Å²) in [5.74, 6) is -0.244. The summed E-state index contributed by atoms with van der Waals surface area (Å²) in [6, 6.07) is 20.1. The molecule has 1 amide bonds. The van der Waals surface area contributed by atoms with E-state index in [4.69, 9.17) is 11.6 Å². The first-order valence-corrected chi connectivity index (χ1v) is 10.9. The number of anilines is 1. The Labute approximate surface area is 190 Å². The summed E-state index contributed by atoms with van der Waals surface area (Å²) in [7, 11) is 0. The number of aromatic nitrogens is 2. The molecule has 1 aliphatic heterocycles. The maximum absolute atomic E-state index is 14.1. The van der Waals surface area contributed by atoms with Gasteiger partial charge in [0.05, 0.1) is 23.9 Å². The van der Waals surface area contributed by atoms with Gasteiger partial charge in [-0.15, -0.1) is 0 Å². The van der Waals surface area contributed by atoms with Gasteiger partial charge in [0.2, 0.25) is 0 Å². The second-order valence-electron chi connectivity index (χ2n) is 7.93. The number of amides is 1. The molecule has 5 rings (SSSR count). The largest absolute Gasteiger partial charge is 0.366 e. The molecule has 1 saturated heterocycles. The Morgan fingerprint density at radius 1 is 0.969 bits per heavy atom. The van der Waals surface area contributed by atoms with Crippen LogP contribution in [0.2, 0.25) is 5.02 Å². The van der Waals surface area contributed by atoms with E-state index >= 15 is 0 Å². The van der Waals surface area contributed by atoms with Gasteiger partial charge in [0.25, 0.3) is 5.91 Å². The Morgan fingerprint density at radius 2 is 1.72 bits per heavy atom. The molecule has 5 nitrogen and oxygen atoms in total. The summed E-state index contributed by atoms with van der Waals surface area (Å²) >= 11 is 5.98. The van der Waals surface area contributed by atoms with Crippen LogP contribution in [0.5, 0.6) is 0 Å². The lowest BCUT2D eigenvalue weighted by Gasteiger charge is -2.36. The van der Waals surface area contributed by atoms with Crippen molar-refractivity contribution in [2.45, 2.75) is 6.54 Å². The van der Waals surface area contributed by atoms with Gasteiger partial charge in [0, 0.05) is 42.2 Å². The molecule has 162 valence electrons. The number of rotatable bonds is 4. The van der Waals surface area contributed by atoms with Crippen LogP contribution in [0.3, 0.4) is 0 Å². The third-order valence-corrected chi connectivity index (χ3v) is 6.15. The molecule has 4 aromatic rings. The summed E-state index contributed by atoms with van der Waals surface area (Å²) in [6.45, 7) is 2.90. The topological polar surface area (TPSA) is 41.4 Å². The molecular weight excluding hydrogens is 427 g/mol. The van der Waals surface area contributed by atoms with Crippen LogP contribution in [-0.4, -0.2) is 46.8 Å². The van der Waals surface area contributed by atoms with Crippen molar-refractivity contribution in [3.8, 4) is 0 Å². The van der Waals surface area contributed by atoms with Gasteiger partial charge in [-0.05, 0) is 42.0 Å². The smallest absolute Gasteiger partial charge is 0.254 e. The molecule has 1 aromatic heterocycles. The van der Waals surface area contributed by atoms with Crippen molar-refractivity contribution >= 4 is 34.1 Å². The lowest BCUT2D eigenvalue weighted by molar-refractivity contribution is 0.0747. The van der Waals surface area contributed by atoms with E-state index in [0.29, 0.717) is 49.0 Å². The van der Waals surface area contributed by atoms with Gasteiger partial charge in [-0.2, -0.15) is 5.10 Å². The van der Waals surface area contributed by atoms with Crippen LogP contribution in [0.1, 0.15) is 15.9 Å². The summed E-state index contributed by atoms with van der Waals surface area (Å²) in [4.78, 5) is 17.0. The predicted octanol–water partition coefficient (Wildman–Crippen LogP) is 4.84. The molecule has 0 spiro atoms. The third-order valence-electron chi connectivity index (χ3n) is 5.90.